The number of rotatable bonds is 3. The monoisotopic (exact) mass is 382 g/mol. The van der Waals surface area contributed by atoms with Gasteiger partial charge >= 0.3 is 5.97 Å². The quantitative estimate of drug-likeness (QED) is 0.593. The molecule has 3 nitrogen and oxygen atoms in total. The molecule has 2 aromatic rings. The number of esters is 1. The van der Waals surface area contributed by atoms with Crippen molar-refractivity contribution in [1.82, 2.24) is 0 Å². The van der Waals surface area contributed by atoms with Crippen LogP contribution in [-0.2, 0) is 4.74 Å². The van der Waals surface area contributed by atoms with Crippen LogP contribution in [0.1, 0.15) is 15.9 Å². The Labute approximate surface area is 132 Å². The van der Waals surface area contributed by atoms with Crippen molar-refractivity contribution < 1.29 is 14.3 Å². The molecule has 2 rings (SSSR count). The average molecular weight is 382 g/mol. The maximum absolute atomic E-state index is 11.5. The standard InChI is InChI=1S/C16H15IO3/c1-10-8-12(16(18)20-3)4-6-13(10)11-5-7-15(19-2)14(17)9-11/h4-9H,1-3H3. The van der Waals surface area contributed by atoms with Crippen LogP contribution in [0, 0.1) is 10.5 Å². The molecule has 0 aliphatic carbocycles. The first-order chi connectivity index (χ1) is 9.56. The summed E-state index contributed by atoms with van der Waals surface area (Å²) in [5, 5.41) is 0. The van der Waals surface area contributed by atoms with Crippen LogP contribution in [0.3, 0.4) is 0 Å². The number of carbonyl (C=O) groups is 1. The Morgan fingerprint density at radius 1 is 1.10 bits per heavy atom. The summed E-state index contributed by atoms with van der Waals surface area (Å²) in [4.78, 5) is 11.5. The van der Waals surface area contributed by atoms with Crippen LogP contribution in [0.15, 0.2) is 36.4 Å². The van der Waals surface area contributed by atoms with Crippen molar-refractivity contribution >= 4 is 28.6 Å². The summed E-state index contributed by atoms with van der Waals surface area (Å²) in [6.45, 7) is 1.98. The van der Waals surface area contributed by atoms with Crippen molar-refractivity contribution in [3.05, 3.63) is 51.1 Å². The molecule has 0 unspecified atom stereocenters. The molecule has 0 atom stereocenters. The summed E-state index contributed by atoms with van der Waals surface area (Å²) in [6.07, 6.45) is 0. The number of benzene rings is 2. The molecule has 4 heteroatoms. The number of hydrogen-bond donors (Lipinski definition) is 0. The Hall–Kier alpha value is -1.56. The normalized spacial score (nSPS) is 10.2. The summed E-state index contributed by atoms with van der Waals surface area (Å²) in [6, 6.07) is 11.6. The molecule has 0 N–H and O–H groups in total. The van der Waals surface area contributed by atoms with Crippen LogP contribution >= 0.6 is 22.6 Å². The first-order valence-electron chi connectivity index (χ1n) is 6.09. The Bertz CT molecular complexity index is 650. The lowest BCUT2D eigenvalue weighted by molar-refractivity contribution is 0.0600. The molecule has 0 aliphatic rings. The van der Waals surface area contributed by atoms with Gasteiger partial charge in [-0.15, -0.1) is 0 Å². The van der Waals surface area contributed by atoms with Gasteiger partial charge in [0.2, 0.25) is 0 Å². The number of ether oxygens (including phenoxy) is 2. The summed E-state index contributed by atoms with van der Waals surface area (Å²) >= 11 is 2.25. The zero-order chi connectivity index (χ0) is 14.7. The Kier molecular flexibility index (Phi) is 4.65. The third-order valence-electron chi connectivity index (χ3n) is 3.11. The predicted octanol–water partition coefficient (Wildman–Crippen LogP) is 4.06. The maximum Gasteiger partial charge on any atom is 0.337 e. The fraction of sp³-hybridized carbons (Fsp3) is 0.188. The highest BCUT2D eigenvalue weighted by molar-refractivity contribution is 14.1. The summed E-state index contributed by atoms with van der Waals surface area (Å²) in [5.41, 5.74) is 3.80. The fourth-order valence-corrected chi connectivity index (χ4v) is 2.80. The van der Waals surface area contributed by atoms with E-state index in [4.69, 9.17) is 9.47 Å². The SMILES string of the molecule is COC(=O)c1ccc(-c2ccc(OC)c(I)c2)c(C)c1. The second-order valence-corrected chi connectivity index (χ2v) is 5.53. The van der Waals surface area contributed by atoms with Gasteiger partial charge in [0.05, 0.1) is 23.4 Å². The molecular weight excluding hydrogens is 367 g/mol. The van der Waals surface area contributed by atoms with Crippen LogP contribution < -0.4 is 4.74 Å². The molecule has 0 heterocycles. The second kappa shape index (κ2) is 6.26. The molecule has 0 aliphatic heterocycles. The molecule has 104 valence electrons. The average Bonchev–Trinajstić information content (AvgIpc) is 2.46. The van der Waals surface area contributed by atoms with E-state index in [1.165, 1.54) is 7.11 Å². The lowest BCUT2D eigenvalue weighted by atomic mass is 9.98. The number of halogens is 1. The van der Waals surface area contributed by atoms with Gasteiger partial charge in [-0.05, 0) is 70.5 Å². The van der Waals surface area contributed by atoms with Gasteiger partial charge in [-0.25, -0.2) is 4.79 Å². The van der Waals surface area contributed by atoms with E-state index >= 15 is 0 Å². The van der Waals surface area contributed by atoms with E-state index in [1.807, 2.05) is 31.2 Å². The molecule has 0 radical (unpaired) electrons. The predicted molar refractivity (Wildman–Crippen MR) is 87.2 cm³/mol. The first-order valence-corrected chi connectivity index (χ1v) is 7.17. The third kappa shape index (κ3) is 2.95. The summed E-state index contributed by atoms with van der Waals surface area (Å²) in [7, 11) is 3.05. The van der Waals surface area contributed by atoms with Gasteiger partial charge < -0.3 is 9.47 Å². The van der Waals surface area contributed by atoms with Crippen LogP contribution in [0.25, 0.3) is 11.1 Å². The third-order valence-corrected chi connectivity index (χ3v) is 3.95. The van der Waals surface area contributed by atoms with Gasteiger partial charge in [0, 0.05) is 0 Å². The van der Waals surface area contributed by atoms with E-state index in [1.54, 1.807) is 13.2 Å². The van der Waals surface area contributed by atoms with Crippen LogP contribution in [-0.4, -0.2) is 20.2 Å². The summed E-state index contributed by atoms with van der Waals surface area (Å²) in [5.74, 6) is 0.544. The van der Waals surface area contributed by atoms with Crippen molar-refractivity contribution in [1.29, 1.82) is 0 Å². The highest BCUT2D eigenvalue weighted by Gasteiger charge is 2.10. The van der Waals surface area contributed by atoms with E-state index in [2.05, 4.69) is 28.7 Å². The van der Waals surface area contributed by atoms with E-state index in [0.717, 1.165) is 26.0 Å². The Morgan fingerprint density at radius 2 is 1.85 bits per heavy atom. The molecule has 0 amide bonds. The van der Waals surface area contributed by atoms with Crippen molar-refractivity contribution in [2.75, 3.05) is 14.2 Å². The van der Waals surface area contributed by atoms with E-state index in [9.17, 15) is 4.79 Å². The number of methoxy groups -OCH3 is 2. The number of hydrogen-bond acceptors (Lipinski definition) is 3. The van der Waals surface area contributed by atoms with Gasteiger partial charge in [-0.2, -0.15) is 0 Å². The molecule has 0 saturated heterocycles. The van der Waals surface area contributed by atoms with Crippen molar-refractivity contribution in [2.45, 2.75) is 6.92 Å². The zero-order valence-electron chi connectivity index (χ0n) is 11.6. The van der Waals surface area contributed by atoms with E-state index < -0.39 is 0 Å². The molecule has 0 fully saturated rings. The fourth-order valence-electron chi connectivity index (χ4n) is 2.07. The van der Waals surface area contributed by atoms with E-state index in [-0.39, 0.29) is 5.97 Å². The lowest BCUT2D eigenvalue weighted by Gasteiger charge is -2.10. The van der Waals surface area contributed by atoms with Crippen molar-refractivity contribution in [3.8, 4) is 16.9 Å². The molecule has 0 spiro atoms. The van der Waals surface area contributed by atoms with Crippen LogP contribution in [0.5, 0.6) is 5.75 Å². The number of carbonyl (C=O) groups excluding carboxylic acids is 1. The molecule has 0 aromatic heterocycles. The molecule has 0 saturated carbocycles. The molecule has 20 heavy (non-hydrogen) atoms. The topological polar surface area (TPSA) is 35.5 Å². The van der Waals surface area contributed by atoms with Crippen molar-refractivity contribution in [2.24, 2.45) is 0 Å². The number of aryl methyl sites for hydroxylation is 1. The highest BCUT2D eigenvalue weighted by Crippen LogP contribution is 2.30. The minimum atomic E-state index is -0.316. The highest BCUT2D eigenvalue weighted by atomic mass is 127. The largest absolute Gasteiger partial charge is 0.496 e. The Morgan fingerprint density at radius 3 is 2.40 bits per heavy atom. The van der Waals surface area contributed by atoms with Gasteiger partial charge in [-0.3, -0.25) is 0 Å². The minimum Gasteiger partial charge on any atom is -0.496 e. The minimum absolute atomic E-state index is 0.316. The maximum atomic E-state index is 11.5. The van der Waals surface area contributed by atoms with Gasteiger partial charge in [-0.1, -0.05) is 12.1 Å². The Balaban J connectivity index is 2.43. The van der Waals surface area contributed by atoms with Gasteiger partial charge in [0.1, 0.15) is 5.75 Å². The molecule has 0 bridgehead atoms. The second-order valence-electron chi connectivity index (χ2n) is 4.37. The molecule has 2 aromatic carbocycles. The van der Waals surface area contributed by atoms with Crippen LogP contribution in [0.2, 0.25) is 0 Å². The van der Waals surface area contributed by atoms with Crippen LogP contribution in [0.4, 0.5) is 0 Å². The van der Waals surface area contributed by atoms with E-state index in [0.29, 0.717) is 5.56 Å². The molecular formula is C16H15IO3. The zero-order valence-corrected chi connectivity index (χ0v) is 13.7. The summed E-state index contributed by atoms with van der Waals surface area (Å²) < 4.78 is 11.0. The first kappa shape index (κ1) is 14.8. The van der Waals surface area contributed by atoms with Gasteiger partial charge in [0.25, 0.3) is 0 Å². The van der Waals surface area contributed by atoms with Crippen molar-refractivity contribution in [3.63, 3.8) is 0 Å². The smallest absolute Gasteiger partial charge is 0.337 e. The van der Waals surface area contributed by atoms with Gasteiger partial charge in [0.15, 0.2) is 0 Å². The lowest BCUT2D eigenvalue weighted by Crippen LogP contribution is -2.01.